The van der Waals surface area contributed by atoms with Crippen LogP contribution < -0.4 is 15.4 Å². The number of aromatic hydroxyl groups is 1. The van der Waals surface area contributed by atoms with E-state index in [0.29, 0.717) is 6.61 Å². The molecular weight excluding hydrogens is 515 g/mol. The normalized spacial score (nSPS) is 11.5. The second-order valence-corrected chi connectivity index (χ2v) is 9.15. The predicted molar refractivity (Wildman–Crippen MR) is 144 cm³/mol. The van der Waals surface area contributed by atoms with E-state index in [0.717, 1.165) is 30.5 Å². The summed E-state index contributed by atoms with van der Waals surface area (Å²) >= 11 is 12.6. The number of amides is 1. The third-order valence-corrected chi connectivity index (χ3v) is 6.19. The molecule has 0 aliphatic carbocycles. The number of benzene rings is 3. The maximum Gasteiger partial charge on any atom is 0.329 e. The minimum atomic E-state index is -1.02. The summed E-state index contributed by atoms with van der Waals surface area (Å²) in [4.78, 5) is 26.1. The molecule has 0 aromatic heterocycles. The summed E-state index contributed by atoms with van der Waals surface area (Å²) < 4.78 is 11.1. The van der Waals surface area contributed by atoms with Gasteiger partial charge >= 0.3 is 5.97 Å². The largest absolute Gasteiger partial charge is 0.505 e. The lowest BCUT2D eigenvalue weighted by atomic mass is 10.0. The fraction of sp³-hybridized carbons (Fsp3) is 0.286. The number of phenols is 1. The van der Waals surface area contributed by atoms with Crippen LogP contribution in [0.15, 0.2) is 66.7 Å². The first-order valence-corrected chi connectivity index (χ1v) is 12.7. The van der Waals surface area contributed by atoms with Gasteiger partial charge in [0.2, 0.25) is 0 Å². The number of carbonyl (C=O) groups is 2. The Morgan fingerprint density at radius 2 is 1.62 bits per heavy atom. The summed E-state index contributed by atoms with van der Waals surface area (Å²) in [5.41, 5.74) is 1.47. The lowest BCUT2D eigenvalue weighted by Gasteiger charge is -2.19. The van der Waals surface area contributed by atoms with Crippen LogP contribution in [0.1, 0.15) is 34.3 Å². The van der Waals surface area contributed by atoms with Gasteiger partial charge in [0.1, 0.15) is 17.7 Å². The smallest absolute Gasteiger partial charge is 0.329 e. The summed E-state index contributed by atoms with van der Waals surface area (Å²) in [6.07, 6.45) is 1.83. The maximum atomic E-state index is 13.1. The first-order valence-electron chi connectivity index (χ1n) is 11.9. The first-order chi connectivity index (χ1) is 17.9. The zero-order valence-corrected chi connectivity index (χ0v) is 22.0. The topological polar surface area (TPSA) is 96.9 Å². The third-order valence-electron chi connectivity index (χ3n) is 5.56. The minimum Gasteiger partial charge on any atom is -0.505 e. The van der Waals surface area contributed by atoms with Gasteiger partial charge in [-0.15, -0.1) is 0 Å². The molecule has 0 unspecified atom stereocenters. The van der Waals surface area contributed by atoms with Crippen molar-refractivity contribution in [1.82, 2.24) is 10.6 Å². The Hall–Kier alpha value is -3.26. The second-order valence-electron chi connectivity index (χ2n) is 8.37. The van der Waals surface area contributed by atoms with Crippen molar-refractivity contribution in [2.45, 2.75) is 31.9 Å². The Morgan fingerprint density at radius 3 is 2.27 bits per heavy atom. The Bertz CT molecular complexity index is 1180. The average Bonchev–Trinajstić information content (AvgIpc) is 2.91. The monoisotopic (exact) mass is 544 g/mol. The Kier molecular flexibility index (Phi) is 11.1. The molecular formula is C28H30Cl2N2O5. The molecule has 9 heteroatoms. The summed E-state index contributed by atoms with van der Waals surface area (Å²) in [6, 6.07) is 18.7. The van der Waals surface area contributed by atoms with E-state index in [-0.39, 0.29) is 34.4 Å². The van der Waals surface area contributed by atoms with Crippen molar-refractivity contribution in [2.75, 3.05) is 20.2 Å². The van der Waals surface area contributed by atoms with Gasteiger partial charge in [-0.2, -0.15) is 0 Å². The molecule has 3 aromatic carbocycles. The van der Waals surface area contributed by atoms with Crippen molar-refractivity contribution >= 4 is 35.1 Å². The molecule has 1 amide bonds. The number of ether oxygens (including phenoxy) is 2. The molecule has 0 fully saturated rings. The van der Waals surface area contributed by atoms with E-state index in [1.54, 1.807) is 0 Å². The van der Waals surface area contributed by atoms with Crippen LogP contribution >= 0.6 is 23.2 Å². The highest BCUT2D eigenvalue weighted by molar-refractivity contribution is 6.39. The number of nitrogens with one attached hydrogen (secondary N) is 2. The Labute approximate surface area is 226 Å². The van der Waals surface area contributed by atoms with Crippen molar-refractivity contribution < 1.29 is 24.2 Å². The van der Waals surface area contributed by atoms with Crippen LogP contribution in [0.2, 0.25) is 10.0 Å². The van der Waals surface area contributed by atoms with E-state index >= 15 is 0 Å². The molecule has 0 heterocycles. The number of phenolic OH excluding ortho intramolecular Hbond substituents is 1. The quantitative estimate of drug-likeness (QED) is 0.203. The highest BCUT2D eigenvalue weighted by Gasteiger charge is 2.27. The van der Waals surface area contributed by atoms with Crippen LogP contribution in [0.5, 0.6) is 11.5 Å². The van der Waals surface area contributed by atoms with Crippen LogP contribution in [0.3, 0.4) is 0 Å². The number of carbonyl (C=O) groups excluding carboxylic acids is 2. The molecule has 3 aromatic rings. The molecule has 1 atom stereocenters. The fourth-order valence-corrected chi connectivity index (χ4v) is 4.15. The van der Waals surface area contributed by atoms with Crippen molar-refractivity contribution in [3.8, 4) is 11.5 Å². The minimum absolute atomic E-state index is 0.0596. The number of hydrogen-bond donors (Lipinski definition) is 3. The van der Waals surface area contributed by atoms with Crippen molar-refractivity contribution in [3.63, 3.8) is 0 Å². The van der Waals surface area contributed by atoms with E-state index in [4.69, 9.17) is 32.7 Å². The van der Waals surface area contributed by atoms with Crippen LogP contribution in [0.25, 0.3) is 0 Å². The Morgan fingerprint density at radius 1 is 0.973 bits per heavy atom. The molecule has 0 spiro atoms. The second kappa shape index (κ2) is 14.5. The maximum absolute atomic E-state index is 13.1. The van der Waals surface area contributed by atoms with E-state index in [1.165, 1.54) is 6.07 Å². The number of rotatable bonds is 13. The average molecular weight is 545 g/mol. The predicted octanol–water partition coefficient (Wildman–Crippen LogP) is 5.16. The number of unbranched alkanes of at least 4 members (excludes halogenated alkanes) is 1. The van der Waals surface area contributed by atoms with Crippen LogP contribution in [-0.2, 0) is 22.6 Å². The number of hydrogen-bond acceptors (Lipinski definition) is 6. The molecule has 196 valence electrons. The molecule has 37 heavy (non-hydrogen) atoms. The number of halogens is 2. The first kappa shape index (κ1) is 28.3. The van der Waals surface area contributed by atoms with Gasteiger partial charge in [0, 0.05) is 6.42 Å². The molecule has 0 saturated heterocycles. The molecule has 3 N–H and O–H groups in total. The van der Waals surface area contributed by atoms with Crippen LogP contribution in [-0.4, -0.2) is 43.2 Å². The van der Waals surface area contributed by atoms with Crippen molar-refractivity contribution in [2.24, 2.45) is 0 Å². The summed E-state index contributed by atoms with van der Waals surface area (Å²) in [6.45, 7) is 1.25. The lowest BCUT2D eigenvalue weighted by molar-refractivity contribution is -0.147. The van der Waals surface area contributed by atoms with Crippen LogP contribution in [0, 0.1) is 0 Å². The SMILES string of the molecule is CNCCCCOc1c(Cl)cc(C(=O)N[C@@H](Cc2ccccc2)C(=O)OCc2ccccc2)c(O)c1Cl. The molecule has 0 saturated carbocycles. The molecule has 7 nitrogen and oxygen atoms in total. The van der Waals surface area contributed by atoms with Gasteiger partial charge in [-0.1, -0.05) is 83.9 Å². The summed E-state index contributed by atoms with van der Waals surface area (Å²) in [5.74, 6) is -1.71. The van der Waals surface area contributed by atoms with Crippen molar-refractivity contribution in [3.05, 3.63) is 93.5 Å². The standard InChI is InChI=1S/C28H30Cl2N2O5/c1-31-14-8-9-15-36-26-22(29)17-21(25(33)24(26)30)27(34)32-23(16-19-10-4-2-5-11-19)28(35)37-18-20-12-6-3-7-13-20/h2-7,10-13,17,23,31,33H,8-9,14-16,18H2,1H3,(H,32,34)/t23-/m0/s1. The highest BCUT2D eigenvalue weighted by atomic mass is 35.5. The van der Waals surface area contributed by atoms with Gasteiger partial charge < -0.3 is 25.2 Å². The van der Waals surface area contributed by atoms with E-state index in [2.05, 4.69) is 10.6 Å². The fourth-order valence-electron chi connectivity index (χ4n) is 3.58. The number of esters is 1. The molecule has 0 aliphatic heterocycles. The molecule has 0 aliphatic rings. The van der Waals surface area contributed by atoms with Gasteiger partial charge in [-0.05, 0) is 43.6 Å². The molecule has 3 rings (SSSR count). The van der Waals surface area contributed by atoms with Crippen molar-refractivity contribution in [1.29, 1.82) is 0 Å². The summed E-state index contributed by atoms with van der Waals surface area (Å²) in [7, 11) is 1.86. The summed E-state index contributed by atoms with van der Waals surface area (Å²) in [5, 5.41) is 16.3. The van der Waals surface area contributed by atoms with Gasteiger partial charge in [0.15, 0.2) is 11.5 Å². The third kappa shape index (κ3) is 8.39. The van der Waals surface area contributed by atoms with E-state index in [1.807, 2.05) is 67.7 Å². The van der Waals surface area contributed by atoms with Gasteiger partial charge in [-0.3, -0.25) is 4.79 Å². The van der Waals surface area contributed by atoms with E-state index < -0.39 is 23.7 Å². The Balaban J connectivity index is 1.75. The molecule has 0 bridgehead atoms. The van der Waals surface area contributed by atoms with E-state index in [9.17, 15) is 14.7 Å². The zero-order chi connectivity index (χ0) is 26.6. The van der Waals surface area contributed by atoms with Gasteiger partial charge in [0.25, 0.3) is 5.91 Å². The van der Waals surface area contributed by atoms with Crippen LogP contribution in [0.4, 0.5) is 0 Å². The van der Waals surface area contributed by atoms with Gasteiger partial charge in [0.05, 0.1) is 17.2 Å². The highest BCUT2D eigenvalue weighted by Crippen LogP contribution is 2.42. The zero-order valence-electron chi connectivity index (χ0n) is 20.5. The van der Waals surface area contributed by atoms with Gasteiger partial charge in [-0.25, -0.2) is 4.79 Å². The lowest BCUT2D eigenvalue weighted by Crippen LogP contribution is -2.43. The molecule has 0 radical (unpaired) electrons.